The van der Waals surface area contributed by atoms with Crippen molar-refractivity contribution in [2.24, 2.45) is 0 Å². The van der Waals surface area contributed by atoms with Crippen LogP contribution in [-0.2, 0) is 11.4 Å². The van der Waals surface area contributed by atoms with Crippen LogP contribution in [0.25, 0.3) is 6.08 Å². The highest BCUT2D eigenvalue weighted by Crippen LogP contribution is 2.30. The largest absolute Gasteiger partial charge is 0.487 e. The summed E-state index contributed by atoms with van der Waals surface area (Å²) in [6.45, 7) is 4.16. The van der Waals surface area contributed by atoms with Gasteiger partial charge < -0.3 is 14.6 Å². The molecule has 3 aromatic rings. The molecule has 0 saturated heterocycles. The van der Waals surface area contributed by atoms with Crippen LogP contribution in [0.5, 0.6) is 17.4 Å². The third kappa shape index (κ3) is 5.59. The van der Waals surface area contributed by atoms with Crippen LogP contribution in [0.4, 0.5) is 0 Å². The van der Waals surface area contributed by atoms with Crippen LogP contribution in [0, 0.1) is 13.8 Å². The summed E-state index contributed by atoms with van der Waals surface area (Å²) >= 11 is 6.13. The van der Waals surface area contributed by atoms with E-state index in [0.29, 0.717) is 29.0 Å². The molecule has 1 N–H and O–H groups in total. The van der Waals surface area contributed by atoms with E-state index in [2.05, 4.69) is 4.98 Å². The number of carboxylic acids is 1. The average molecular weight is 410 g/mol. The smallest absolute Gasteiger partial charge is 0.328 e. The van der Waals surface area contributed by atoms with Crippen molar-refractivity contribution in [1.82, 2.24) is 4.98 Å². The summed E-state index contributed by atoms with van der Waals surface area (Å²) < 4.78 is 11.7. The lowest BCUT2D eigenvalue weighted by atomic mass is 10.1. The van der Waals surface area contributed by atoms with Gasteiger partial charge >= 0.3 is 5.97 Å². The molecule has 0 atom stereocenters. The van der Waals surface area contributed by atoms with Crippen LogP contribution in [0.2, 0.25) is 5.02 Å². The number of aliphatic carboxylic acids is 1. The van der Waals surface area contributed by atoms with E-state index >= 15 is 0 Å². The van der Waals surface area contributed by atoms with Crippen LogP contribution >= 0.6 is 11.6 Å². The number of aromatic nitrogens is 1. The fourth-order valence-electron chi connectivity index (χ4n) is 2.80. The number of carbonyl (C=O) groups is 1. The number of ether oxygens (including phenoxy) is 2. The Morgan fingerprint density at radius 3 is 2.48 bits per heavy atom. The van der Waals surface area contributed by atoms with Crippen molar-refractivity contribution in [3.05, 3.63) is 88.1 Å². The van der Waals surface area contributed by atoms with Gasteiger partial charge in [0.05, 0.1) is 6.20 Å². The number of hydrogen-bond acceptors (Lipinski definition) is 4. The Bertz CT molecular complexity index is 1020. The Kier molecular flexibility index (Phi) is 6.52. The minimum atomic E-state index is -0.985. The number of hydrogen-bond donors (Lipinski definition) is 1. The second-order valence-electron chi connectivity index (χ2n) is 6.47. The summed E-state index contributed by atoms with van der Waals surface area (Å²) in [5, 5.41) is 9.43. The standard InChI is InChI=1S/C23H20ClNO4/c1-15-11-17(7-10-22(26)27)12-16(2)23(15)29-21-9-8-19(13-25-21)28-14-18-5-3-4-6-20(18)24/h3-13H,14H2,1-2H3,(H,26,27)/b10-7+. The van der Waals surface area contributed by atoms with Crippen LogP contribution in [0.15, 0.2) is 60.8 Å². The Hall–Kier alpha value is -3.31. The molecule has 2 aromatic carbocycles. The molecule has 0 amide bonds. The second-order valence-corrected chi connectivity index (χ2v) is 6.88. The van der Waals surface area contributed by atoms with E-state index in [4.69, 9.17) is 26.2 Å². The van der Waals surface area contributed by atoms with Crippen LogP contribution < -0.4 is 9.47 Å². The molecule has 1 aromatic heterocycles. The van der Waals surface area contributed by atoms with E-state index in [1.54, 1.807) is 24.4 Å². The zero-order valence-electron chi connectivity index (χ0n) is 16.1. The fourth-order valence-corrected chi connectivity index (χ4v) is 2.99. The summed E-state index contributed by atoms with van der Waals surface area (Å²) in [5.74, 6) is 0.756. The SMILES string of the molecule is Cc1cc(/C=C/C(=O)O)cc(C)c1Oc1ccc(OCc2ccccc2Cl)cn1. The number of nitrogens with zero attached hydrogens (tertiary/aromatic N) is 1. The molecule has 3 rings (SSSR count). The number of aryl methyl sites for hydroxylation is 2. The van der Waals surface area contributed by atoms with Gasteiger partial charge in [0, 0.05) is 22.7 Å². The first-order valence-corrected chi connectivity index (χ1v) is 9.32. The Morgan fingerprint density at radius 1 is 1.14 bits per heavy atom. The minimum Gasteiger partial charge on any atom is -0.487 e. The molecule has 0 unspecified atom stereocenters. The lowest BCUT2D eigenvalue weighted by Gasteiger charge is -2.13. The maximum Gasteiger partial charge on any atom is 0.328 e. The summed E-state index contributed by atoms with van der Waals surface area (Å²) in [6, 6.07) is 14.8. The van der Waals surface area contributed by atoms with Crippen molar-refractivity contribution in [2.75, 3.05) is 0 Å². The van der Waals surface area contributed by atoms with Crippen LogP contribution in [-0.4, -0.2) is 16.1 Å². The number of rotatable bonds is 7. The maximum absolute atomic E-state index is 10.7. The highest BCUT2D eigenvalue weighted by molar-refractivity contribution is 6.31. The van der Waals surface area contributed by atoms with Gasteiger partial charge in [-0.15, -0.1) is 0 Å². The van der Waals surface area contributed by atoms with E-state index < -0.39 is 5.97 Å². The third-order valence-electron chi connectivity index (χ3n) is 4.17. The molecule has 5 nitrogen and oxygen atoms in total. The van der Waals surface area contributed by atoms with Gasteiger partial charge in [0.2, 0.25) is 5.88 Å². The summed E-state index contributed by atoms with van der Waals surface area (Å²) in [7, 11) is 0. The third-order valence-corrected chi connectivity index (χ3v) is 4.54. The molecule has 0 aliphatic rings. The predicted molar refractivity (Wildman–Crippen MR) is 113 cm³/mol. The number of benzene rings is 2. The van der Waals surface area contributed by atoms with Gasteiger partial charge in [0.1, 0.15) is 18.1 Å². The monoisotopic (exact) mass is 409 g/mol. The predicted octanol–water partition coefficient (Wildman–Crippen LogP) is 5.82. The topological polar surface area (TPSA) is 68.7 Å². The molecule has 0 bridgehead atoms. The Morgan fingerprint density at radius 2 is 1.86 bits per heavy atom. The van der Waals surface area contributed by atoms with E-state index in [1.807, 2.05) is 50.2 Å². The first-order chi connectivity index (χ1) is 13.9. The Labute approximate surface area is 174 Å². The lowest BCUT2D eigenvalue weighted by molar-refractivity contribution is -0.131. The zero-order chi connectivity index (χ0) is 20.8. The average Bonchev–Trinajstić information content (AvgIpc) is 2.69. The first-order valence-electron chi connectivity index (χ1n) is 8.95. The number of carboxylic acid groups (broad SMARTS) is 1. The molecular formula is C23H20ClNO4. The number of halogens is 1. The molecule has 0 fully saturated rings. The molecule has 148 valence electrons. The lowest BCUT2D eigenvalue weighted by Crippen LogP contribution is -1.98. The van der Waals surface area contributed by atoms with Gasteiger partial charge in [-0.1, -0.05) is 29.8 Å². The molecule has 6 heteroatoms. The van der Waals surface area contributed by atoms with Crippen molar-refractivity contribution in [3.8, 4) is 17.4 Å². The van der Waals surface area contributed by atoms with E-state index in [-0.39, 0.29) is 0 Å². The van der Waals surface area contributed by atoms with Crippen molar-refractivity contribution in [2.45, 2.75) is 20.5 Å². The van der Waals surface area contributed by atoms with Gasteiger partial charge in [-0.3, -0.25) is 0 Å². The highest BCUT2D eigenvalue weighted by atomic mass is 35.5. The van der Waals surface area contributed by atoms with Gasteiger partial charge in [0.25, 0.3) is 0 Å². The molecule has 0 saturated carbocycles. The molecular weight excluding hydrogens is 390 g/mol. The van der Waals surface area contributed by atoms with Crippen molar-refractivity contribution < 1.29 is 19.4 Å². The molecule has 0 aliphatic heterocycles. The molecule has 0 radical (unpaired) electrons. The van der Waals surface area contributed by atoms with E-state index in [1.165, 1.54) is 0 Å². The molecule has 0 spiro atoms. The minimum absolute atomic E-state index is 0.352. The zero-order valence-corrected chi connectivity index (χ0v) is 16.8. The maximum atomic E-state index is 10.7. The first kappa shape index (κ1) is 20.4. The fraction of sp³-hybridized carbons (Fsp3) is 0.130. The quantitative estimate of drug-likeness (QED) is 0.498. The summed E-state index contributed by atoms with van der Waals surface area (Å²) in [4.78, 5) is 15.0. The van der Waals surface area contributed by atoms with Crippen LogP contribution in [0.3, 0.4) is 0 Å². The highest BCUT2D eigenvalue weighted by Gasteiger charge is 2.09. The van der Waals surface area contributed by atoms with Gasteiger partial charge in [-0.25, -0.2) is 9.78 Å². The molecule has 29 heavy (non-hydrogen) atoms. The van der Waals surface area contributed by atoms with Gasteiger partial charge in [-0.05, 0) is 60.9 Å². The van der Waals surface area contributed by atoms with Crippen molar-refractivity contribution in [1.29, 1.82) is 0 Å². The van der Waals surface area contributed by atoms with Gasteiger partial charge in [-0.2, -0.15) is 0 Å². The number of pyridine rings is 1. The summed E-state index contributed by atoms with van der Waals surface area (Å²) in [5.41, 5.74) is 3.47. The normalized spacial score (nSPS) is 10.9. The second kappa shape index (κ2) is 9.26. The van der Waals surface area contributed by atoms with E-state index in [0.717, 1.165) is 28.3 Å². The molecule has 1 heterocycles. The Balaban J connectivity index is 1.68. The van der Waals surface area contributed by atoms with Gasteiger partial charge in [0.15, 0.2) is 0 Å². The van der Waals surface area contributed by atoms with Crippen LogP contribution in [0.1, 0.15) is 22.3 Å². The van der Waals surface area contributed by atoms with Crippen molar-refractivity contribution >= 4 is 23.6 Å². The summed E-state index contributed by atoms with van der Waals surface area (Å²) in [6.07, 6.45) is 4.26. The molecule has 0 aliphatic carbocycles. The van der Waals surface area contributed by atoms with E-state index in [9.17, 15) is 4.79 Å². The van der Waals surface area contributed by atoms with Crippen molar-refractivity contribution in [3.63, 3.8) is 0 Å².